The summed E-state index contributed by atoms with van der Waals surface area (Å²) in [5.74, 6) is -0.0903. The second kappa shape index (κ2) is 3.87. The van der Waals surface area contributed by atoms with Gasteiger partial charge in [0.1, 0.15) is 0 Å². The lowest BCUT2D eigenvalue weighted by atomic mass is 10.1. The summed E-state index contributed by atoms with van der Waals surface area (Å²) in [4.78, 5) is 0. The van der Waals surface area contributed by atoms with Gasteiger partial charge in [0.05, 0.1) is 0 Å². The Bertz CT molecular complexity index is 78.8. The molecule has 0 rings (SSSR count). The van der Waals surface area contributed by atoms with Crippen molar-refractivity contribution in [2.45, 2.75) is 17.1 Å². The Morgan fingerprint density at radius 1 is 1.44 bits per heavy atom. The van der Waals surface area contributed by atoms with Crippen LogP contribution in [0.1, 0.15) is 13.3 Å². The molecule has 0 aromatic rings. The molecule has 1 unspecified atom stereocenters. The van der Waals surface area contributed by atoms with E-state index in [1.54, 1.807) is 6.92 Å². The zero-order valence-corrected chi connectivity index (χ0v) is 7.34. The Morgan fingerprint density at radius 2 is 1.89 bits per heavy atom. The van der Waals surface area contributed by atoms with Crippen LogP contribution < -0.4 is 0 Å². The Kier molecular flexibility index (Phi) is 4.22. The molecule has 0 saturated carbocycles. The first-order valence-electron chi connectivity index (χ1n) is 2.66. The Labute approximate surface area is 69.9 Å². The number of aliphatic hydroxyl groups excluding tert-OH is 1. The van der Waals surface area contributed by atoms with E-state index in [1.165, 1.54) is 0 Å². The first kappa shape index (κ1) is 9.83. The molecule has 0 bridgehead atoms. The summed E-state index contributed by atoms with van der Waals surface area (Å²) in [7, 11) is 0. The summed E-state index contributed by atoms with van der Waals surface area (Å²) < 4.78 is -1.23. The third-order valence-electron chi connectivity index (χ3n) is 1.12. The van der Waals surface area contributed by atoms with Crippen LogP contribution in [-0.4, -0.2) is 15.5 Å². The summed E-state index contributed by atoms with van der Waals surface area (Å²) in [6, 6.07) is 0. The molecule has 0 spiro atoms. The summed E-state index contributed by atoms with van der Waals surface area (Å²) in [6.07, 6.45) is 0.524. The highest BCUT2D eigenvalue weighted by molar-refractivity contribution is 6.67. The monoisotopic (exact) mass is 190 g/mol. The van der Waals surface area contributed by atoms with Gasteiger partial charge in [0.15, 0.2) is 3.79 Å². The quantitative estimate of drug-likeness (QED) is 0.665. The molecule has 0 aromatic heterocycles. The zero-order valence-electron chi connectivity index (χ0n) is 5.07. The molecule has 0 saturated heterocycles. The van der Waals surface area contributed by atoms with Crippen molar-refractivity contribution in [3.8, 4) is 0 Å². The van der Waals surface area contributed by atoms with Gasteiger partial charge >= 0.3 is 0 Å². The van der Waals surface area contributed by atoms with Crippen LogP contribution in [0.2, 0.25) is 0 Å². The molecule has 0 aliphatic rings. The molecule has 0 aliphatic carbocycles. The fourth-order valence-electron chi connectivity index (χ4n) is 0.357. The zero-order chi connectivity index (χ0) is 7.49. The molecule has 9 heavy (non-hydrogen) atoms. The van der Waals surface area contributed by atoms with E-state index >= 15 is 0 Å². The number of hydrogen-bond acceptors (Lipinski definition) is 1. The van der Waals surface area contributed by atoms with Crippen LogP contribution in [0.5, 0.6) is 0 Å². The Morgan fingerprint density at radius 3 is 2.00 bits per heavy atom. The molecule has 0 radical (unpaired) electrons. The van der Waals surface area contributed by atoms with E-state index < -0.39 is 3.79 Å². The van der Waals surface area contributed by atoms with E-state index in [2.05, 4.69) is 0 Å². The summed E-state index contributed by atoms with van der Waals surface area (Å²) >= 11 is 16.4. The maximum Gasteiger partial charge on any atom is 0.193 e. The Balaban J connectivity index is 3.59. The lowest BCUT2D eigenvalue weighted by molar-refractivity contribution is 0.263. The molecule has 56 valence electrons. The highest BCUT2D eigenvalue weighted by Gasteiger charge is 2.27. The third kappa shape index (κ3) is 4.26. The van der Waals surface area contributed by atoms with Gasteiger partial charge in [-0.15, -0.1) is 0 Å². The van der Waals surface area contributed by atoms with Gasteiger partial charge in [-0.3, -0.25) is 0 Å². The molecular weight excluding hydrogens is 182 g/mol. The van der Waals surface area contributed by atoms with Crippen molar-refractivity contribution >= 4 is 34.8 Å². The van der Waals surface area contributed by atoms with Crippen LogP contribution in [0.4, 0.5) is 0 Å². The number of alkyl halides is 3. The molecular formula is C5H9Cl3O. The van der Waals surface area contributed by atoms with E-state index in [4.69, 9.17) is 39.9 Å². The third-order valence-corrected chi connectivity index (χ3v) is 2.24. The molecule has 4 heteroatoms. The average molecular weight is 191 g/mol. The summed E-state index contributed by atoms with van der Waals surface area (Å²) in [5.41, 5.74) is 0. The van der Waals surface area contributed by atoms with Crippen molar-refractivity contribution in [1.29, 1.82) is 0 Å². The lowest BCUT2D eigenvalue weighted by Gasteiger charge is -2.18. The summed E-state index contributed by atoms with van der Waals surface area (Å²) in [5, 5.41) is 8.42. The van der Waals surface area contributed by atoms with Crippen LogP contribution in [0, 0.1) is 5.92 Å². The molecule has 0 heterocycles. The topological polar surface area (TPSA) is 20.2 Å². The largest absolute Gasteiger partial charge is 0.396 e. The molecule has 1 N–H and O–H groups in total. The van der Waals surface area contributed by atoms with Crippen LogP contribution in [-0.2, 0) is 0 Å². The summed E-state index contributed by atoms with van der Waals surface area (Å²) in [6.45, 7) is 1.85. The van der Waals surface area contributed by atoms with Crippen LogP contribution >= 0.6 is 34.8 Å². The van der Waals surface area contributed by atoms with Crippen molar-refractivity contribution in [1.82, 2.24) is 0 Å². The highest BCUT2D eigenvalue weighted by Crippen LogP contribution is 2.36. The fourth-order valence-corrected chi connectivity index (χ4v) is 0.685. The van der Waals surface area contributed by atoms with Gasteiger partial charge in [-0.25, -0.2) is 0 Å². The molecule has 1 nitrogen and oxygen atoms in total. The van der Waals surface area contributed by atoms with E-state index in [1.807, 2.05) is 0 Å². The molecule has 0 aliphatic heterocycles. The van der Waals surface area contributed by atoms with Crippen LogP contribution in [0.3, 0.4) is 0 Å². The normalized spacial score (nSPS) is 15.7. The Hall–Kier alpha value is 0.830. The van der Waals surface area contributed by atoms with Crippen molar-refractivity contribution in [3.05, 3.63) is 0 Å². The van der Waals surface area contributed by atoms with Gasteiger partial charge in [0.2, 0.25) is 0 Å². The highest BCUT2D eigenvalue weighted by atomic mass is 35.6. The number of aliphatic hydroxyl groups is 1. The number of hydrogen-bond donors (Lipinski definition) is 1. The fraction of sp³-hybridized carbons (Fsp3) is 1.00. The maximum atomic E-state index is 8.42. The number of rotatable bonds is 2. The van der Waals surface area contributed by atoms with E-state index in [9.17, 15) is 0 Å². The molecule has 0 amide bonds. The van der Waals surface area contributed by atoms with E-state index in [0.29, 0.717) is 6.42 Å². The van der Waals surface area contributed by atoms with Crippen molar-refractivity contribution in [3.63, 3.8) is 0 Å². The standard InChI is InChI=1S/C5H9Cl3O/c1-4(2-3-9)5(6,7)8/h4,9H,2-3H2,1H3. The first-order chi connectivity index (χ1) is 3.98. The van der Waals surface area contributed by atoms with Gasteiger partial charge in [-0.05, 0) is 6.42 Å². The lowest BCUT2D eigenvalue weighted by Crippen LogP contribution is -2.16. The minimum Gasteiger partial charge on any atom is -0.396 e. The predicted octanol–water partition coefficient (Wildman–Crippen LogP) is 2.38. The second-order valence-corrected chi connectivity index (χ2v) is 4.32. The number of halogens is 3. The second-order valence-electron chi connectivity index (χ2n) is 1.95. The smallest absolute Gasteiger partial charge is 0.193 e. The van der Waals surface area contributed by atoms with Gasteiger partial charge < -0.3 is 5.11 Å². The van der Waals surface area contributed by atoms with Crippen molar-refractivity contribution < 1.29 is 5.11 Å². The average Bonchev–Trinajstić information content (AvgIpc) is 1.64. The van der Waals surface area contributed by atoms with Crippen LogP contribution in [0.25, 0.3) is 0 Å². The minimum atomic E-state index is -1.23. The van der Waals surface area contributed by atoms with Gasteiger partial charge in [-0.1, -0.05) is 41.7 Å². The van der Waals surface area contributed by atoms with Gasteiger partial charge in [0, 0.05) is 12.5 Å². The maximum absolute atomic E-state index is 8.42. The van der Waals surface area contributed by atoms with E-state index in [0.717, 1.165) is 0 Å². The molecule has 1 atom stereocenters. The first-order valence-corrected chi connectivity index (χ1v) is 3.79. The van der Waals surface area contributed by atoms with Crippen molar-refractivity contribution in [2.75, 3.05) is 6.61 Å². The molecule has 0 aromatic carbocycles. The minimum absolute atomic E-state index is 0.0646. The van der Waals surface area contributed by atoms with E-state index in [-0.39, 0.29) is 12.5 Å². The van der Waals surface area contributed by atoms with Crippen molar-refractivity contribution in [2.24, 2.45) is 5.92 Å². The van der Waals surface area contributed by atoms with Gasteiger partial charge in [-0.2, -0.15) is 0 Å². The molecule has 0 fully saturated rings. The SMILES string of the molecule is CC(CCO)C(Cl)(Cl)Cl. The van der Waals surface area contributed by atoms with Gasteiger partial charge in [0.25, 0.3) is 0 Å². The predicted molar refractivity (Wildman–Crippen MR) is 41.2 cm³/mol. The van der Waals surface area contributed by atoms with Crippen LogP contribution in [0.15, 0.2) is 0 Å².